The van der Waals surface area contributed by atoms with Gasteiger partial charge in [0.05, 0.1) is 9.40 Å². The molecule has 0 bridgehead atoms. The smallest absolute Gasteiger partial charge is 0.283 e. The van der Waals surface area contributed by atoms with Crippen molar-refractivity contribution in [1.82, 2.24) is 0 Å². The van der Waals surface area contributed by atoms with Crippen molar-refractivity contribution in [3.63, 3.8) is 0 Å². The molecule has 0 fully saturated rings. The van der Waals surface area contributed by atoms with E-state index in [0.29, 0.717) is 15.8 Å². The van der Waals surface area contributed by atoms with Gasteiger partial charge in [-0.2, -0.15) is 0 Å². The Bertz CT molecular complexity index is 619. The van der Waals surface area contributed by atoms with Crippen molar-refractivity contribution in [3.05, 3.63) is 68.4 Å². The lowest BCUT2D eigenvalue weighted by Gasteiger charge is -2.06. The predicted molar refractivity (Wildman–Crippen MR) is 71.5 cm³/mol. The molecular weight excluding hydrogens is 317 g/mol. The highest BCUT2D eigenvalue weighted by molar-refractivity contribution is 9.10. The molecule has 0 aliphatic heterocycles. The summed E-state index contributed by atoms with van der Waals surface area (Å²) in [6, 6.07) is 10.4. The molecule has 0 aliphatic rings. The zero-order valence-corrected chi connectivity index (χ0v) is 11.3. The van der Waals surface area contributed by atoms with Crippen molar-refractivity contribution >= 4 is 21.6 Å². The van der Waals surface area contributed by atoms with Crippen LogP contribution < -0.4 is 4.74 Å². The molecule has 0 N–H and O–H groups in total. The third-order valence-corrected chi connectivity index (χ3v) is 3.08. The number of rotatable bonds is 4. The fourth-order valence-corrected chi connectivity index (χ4v) is 1.90. The first-order valence-corrected chi connectivity index (χ1v) is 6.17. The van der Waals surface area contributed by atoms with Crippen LogP contribution in [0.4, 0.5) is 10.1 Å². The maximum absolute atomic E-state index is 12.9. The quantitative estimate of drug-likeness (QED) is 0.628. The standard InChI is InChI=1S/C13H9BrFNO3/c14-12-5-4-9(6-13(12)16(17)18)8-19-11-3-1-2-10(15)7-11/h1-7H,8H2. The van der Waals surface area contributed by atoms with E-state index in [0.717, 1.165) is 0 Å². The molecule has 4 nitrogen and oxygen atoms in total. The van der Waals surface area contributed by atoms with E-state index in [1.54, 1.807) is 18.2 Å². The van der Waals surface area contributed by atoms with Crippen molar-refractivity contribution in [1.29, 1.82) is 0 Å². The number of hydrogen-bond acceptors (Lipinski definition) is 3. The lowest BCUT2D eigenvalue weighted by atomic mass is 10.2. The summed E-state index contributed by atoms with van der Waals surface area (Å²) in [7, 11) is 0. The number of nitro groups is 1. The lowest BCUT2D eigenvalue weighted by Crippen LogP contribution is -1.97. The number of halogens is 2. The van der Waals surface area contributed by atoms with Gasteiger partial charge in [-0.1, -0.05) is 12.1 Å². The van der Waals surface area contributed by atoms with Crippen LogP contribution in [0.3, 0.4) is 0 Å². The summed E-state index contributed by atoms with van der Waals surface area (Å²) in [5.74, 6) is -0.00939. The monoisotopic (exact) mass is 325 g/mol. The van der Waals surface area contributed by atoms with Gasteiger partial charge in [-0.05, 0) is 39.7 Å². The molecule has 98 valence electrons. The summed E-state index contributed by atoms with van der Waals surface area (Å²) in [5, 5.41) is 10.8. The lowest BCUT2D eigenvalue weighted by molar-refractivity contribution is -0.385. The second-order valence-electron chi connectivity index (χ2n) is 3.79. The van der Waals surface area contributed by atoms with Gasteiger partial charge >= 0.3 is 0 Å². The molecule has 0 amide bonds. The molecule has 0 saturated heterocycles. The van der Waals surface area contributed by atoms with E-state index in [1.807, 2.05) is 0 Å². The van der Waals surface area contributed by atoms with Gasteiger partial charge in [0.1, 0.15) is 18.2 Å². The van der Waals surface area contributed by atoms with Crippen LogP contribution in [-0.4, -0.2) is 4.92 Å². The molecule has 2 aromatic carbocycles. The first-order chi connectivity index (χ1) is 9.06. The van der Waals surface area contributed by atoms with Gasteiger partial charge in [0.2, 0.25) is 0 Å². The SMILES string of the molecule is O=[N+]([O-])c1cc(COc2cccc(F)c2)ccc1Br. The summed E-state index contributed by atoms with van der Waals surface area (Å²) in [6.07, 6.45) is 0. The Balaban J connectivity index is 2.12. The molecule has 0 aliphatic carbocycles. The van der Waals surface area contributed by atoms with Gasteiger partial charge < -0.3 is 4.74 Å². The number of hydrogen-bond donors (Lipinski definition) is 0. The van der Waals surface area contributed by atoms with E-state index in [9.17, 15) is 14.5 Å². The second kappa shape index (κ2) is 5.79. The highest BCUT2D eigenvalue weighted by Gasteiger charge is 2.12. The normalized spacial score (nSPS) is 10.2. The fraction of sp³-hybridized carbons (Fsp3) is 0.0769. The van der Waals surface area contributed by atoms with Crippen LogP contribution in [0.15, 0.2) is 46.9 Å². The number of ether oxygens (including phenoxy) is 1. The van der Waals surface area contributed by atoms with E-state index >= 15 is 0 Å². The topological polar surface area (TPSA) is 52.4 Å². The predicted octanol–water partition coefficient (Wildman–Crippen LogP) is 4.08. The highest BCUT2D eigenvalue weighted by Crippen LogP contribution is 2.26. The minimum atomic E-state index is -0.476. The molecule has 0 spiro atoms. The molecule has 0 heterocycles. The van der Waals surface area contributed by atoms with Crippen molar-refractivity contribution in [2.24, 2.45) is 0 Å². The van der Waals surface area contributed by atoms with Crippen LogP contribution in [0.2, 0.25) is 0 Å². The Morgan fingerprint density at radius 2 is 2.05 bits per heavy atom. The maximum atomic E-state index is 12.9. The third-order valence-electron chi connectivity index (χ3n) is 2.41. The maximum Gasteiger partial charge on any atom is 0.283 e. The van der Waals surface area contributed by atoms with E-state index in [1.165, 1.54) is 24.3 Å². The molecule has 0 unspecified atom stereocenters. The van der Waals surface area contributed by atoms with E-state index in [-0.39, 0.29) is 18.1 Å². The molecule has 2 aromatic rings. The average molecular weight is 326 g/mol. The summed E-state index contributed by atoms with van der Waals surface area (Å²) >= 11 is 3.10. The van der Waals surface area contributed by atoms with Crippen LogP contribution in [0.1, 0.15) is 5.56 Å². The van der Waals surface area contributed by atoms with Crippen LogP contribution in [-0.2, 0) is 6.61 Å². The van der Waals surface area contributed by atoms with Crippen molar-refractivity contribution in [3.8, 4) is 5.75 Å². The van der Waals surface area contributed by atoms with Gasteiger partial charge in [0.25, 0.3) is 5.69 Å². The first-order valence-electron chi connectivity index (χ1n) is 5.37. The van der Waals surface area contributed by atoms with E-state index < -0.39 is 4.92 Å². The van der Waals surface area contributed by atoms with Gasteiger partial charge in [-0.15, -0.1) is 0 Å². The second-order valence-corrected chi connectivity index (χ2v) is 4.64. The summed E-state index contributed by atoms with van der Waals surface area (Å²) in [6.45, 7) is 0.136. The van der Waals surface area contributed by atoms with Crippen LogP contribution in [0, 0.1) is 15.9 Å². The van der Waals surface area contributed by atoms with Gasteiger partial charge in [0.15, 0.2) is 0 Å². The first kappa shape index (κ1) is 13.5. The minimum Gasteiger partial charge on any atom is -0.489 e. The molecule has 0 radical (unpaired) electrons. The van der Waals surface area contributed by atoms with Crippen molar-refractivity contribution in [2.75, 3.05) is 0 Å². The van der Waals surface area contributed by atoms with Gasteiger partial charge in [-0.3, -0.25) is 10.1 Å². The van der Waals surface area contributed by atoms with Crippen molar-refractivity contribution in [2.45, 2.75) is 6.61 Å². The summed E-state index contributed by atoms with van der Waals surface area (Å²) in [5.41, 5.74) is 0.611. The summed E-state index contributed by atoms with van der Waals surface area (Å²) < 4.78 is 18.7. The fourth-order valence-electron chi connectivity index (χ4n) is 1.51. The van der Waals surface area contributed by atoms with Crippen LogP contribution in [0.25, 0.3) is 0 Å². The Morgan fingerprint density at radius 1 is 1.26 bits per heavy atom. The Hall–Kier alpha value is -1.95. The number of nitrogens with zero attached hydrogens (tertiary/aromatic N) is 1. The average Bonchev–Trinajstić information content (AvgIpc) is 2.37. The van der Waals surface area contributed by atoms with Crippen LogP contribution in [0.5, 0.6) is 5.75 Å². The molecule has 0 atom stereocenters. The zero-order valence-electron chi connectivity index (χ0n) is 9.68. The molecule has 6 heteroatoms. The number of nitro benzene ring substituents is 1. The Labute approximate surface area is 117 Å². The Kier molecular flexibility index (Phi) is 4.11. The molecule has 0 saturated carbocycles. The molecule has 2 rings (SSSR count). The minimum absolute atomic E-state index is 0.0275. The van der Waals surface area contributed by atoms with E-state index in [2.05, 4.69) is 15.9 Å². The highest BCUT2D eigenvalue weighted by atomic mass is 79.9. The Morgan fingerprint density at radius 3 is 2.74 bits per heavy atom. The summed E-state index contributed by atoms with van der Waals surface area (Å²) in [4.78, 5) is 10.3. The molecular formula is C13H9BrFNO3. The molecule has 0 aromatic heterocycles. The van der Waals surface area contributed by atoms with Gasteiger partial charge in [0, 0.05) is 12.1 Å². The van der Waals surface area contributed by atoms with Crippen LogP contribution >= 0.6 is 15.9 Å². The molecule has 19 heavy (non-hydrogen) atoms. The largest absolute Gasteiger partial charge is 0.489 e. The number of benzene rings is 2. The third kappa shape index (κ3) is 3.51. The van der Waals surface area contributed by atoms with Gasteiger partial charge in [-0.25, -0.2) is 4.39 Å². The van der Waals surface area contributed by atoms with E-state index in [4.69, 9.17) is 4.74 Å². The zero-order chi connectivity index (χ0) is 13.8. The van der Waals surface area contributed by atoms with Crippen molar-refractivity contribution < 1.29 is 14.1 Å².